The van der Waals surface area contributed by atoms with Crippen LogP contribution in [-0.2, 0) is 19.9 Å². The van der Waals surface area contributed by atoms with E-state index in [1.807, 2.05) is 29.9 Å². The van der Waals surface area contributed by atoms with Crippen molar-refractivity contribution < 1.29 is 0 Å². The molecule has 1 unspecified atom stereocenters. The van der Waals surface area contributed by atoms with E-state index in [0.717, 1.165) is 36.5 Å². The molecule has 0 aliphatic rings. The Morgan fingerprint density at radius 3 is 2.71 bits per heavy atom. The molecular weight excluding hydrogens is 282 g/mol. The van der Waals surface area contributed by atoms with Crippen LogP contribution in [0.25, 0.3) is 0 Å². The third-order valence-corrected chi connectivity index (χ3v) is 3.89. The highest BCUT2D eigenvalue weighted by molar-refractivity contribution is 6.30. The van der Waals surface area contributed by atoms with Crippen molar-refractivity contribution in [3.8, 4) is 0 Å². The highest BCUT2D eigenvalue weighted by Crippen LogP contribution is 2.21. The van der Waals surface area contributed by atoms with Crippen molar-refractivity contribution in [2.24, 2.45) is 7.05 Å². The summed E-state index contributed by atoms with van der Waals surface area (Å²) < 4.78 is 2.00. The molecule has 0 amide bonds. The molecule has 0 bridgehead atoms. The summed E-state index contributed by atoms with van der Waals surface area (Å²) >= 11 is 6.10. The highest BCUT2D eigenvalue weighted by Gasteiger charge is 2.16. The fraction of sp³-hybridized carbons (Fsp3) is 0.471. The molecule has 0 fully saturated rings. The number of rotatable bonds is 7. The number of aryl methyl sites for hydroxylation is 2. The summed E-state index contributed by atoms with van der Waals surface area (Å²) in [6.07, 6.45) is 3.00. The van der Waals surface area contributed by atoms with Gasteiger partial charge in [-0.3, -0.25) is 4.68 Å². The van der Waals surface area contributed by atoms with Gasteiger partial charge in [0.2, 0.25) is 0 Å². The van der Waals surface area contributed by atoms with E-state index in [-0.39, 0.29) is 6.04 Å². The van der Waals surface area contributed by atoms with Gasteiger partial charge in [0.1, 0.15) is 0 Å². The Hall–Kier alpha value is -1.32. The van der Waals surface area contributed by atoms with Gasteiger partial charge in [-0.25, -0.2) is 0 Å². The Bertz CT molecular complexity index is 577. The van der Waals surface area contributed by atoms with E-state index in [1.165, 1.54) is 11.3 Å². The van der Waals surface area contributed by atoms with Crippen LogP contribution in [0, 0.1) is 0 Å². The number of benzene rings is 1. The maximum absolute atomic E-state index is 6.10. The second-order valence-corrected chi connectivity index (χ2v) is 5.81. The molecule has 21 heavy (non-hydrogen) atoms. The molecule has 0 aliphatic heterocycles. The van der Waals surface area contributed by atoms with Crippen molar-refractivity contribution in [3.63, 3.8) is 0 Å². The van der Waals surface area contributed by atoms with Crippen LogP contribution in [0.4, 0.5) is 0 Å². The molecule has 0 spiro atoms. The minimum Gasteiger partial charge on any atom is -0.308 e. The van der Waals surface area contributed by atoms with Gasteiger partial charge in [-0.1, -0.05) is 37.6 Å². The van der Waals surface area contributed by atoms with Crippen LogP contribution in [0.1, 0.15) is 43.3 Å². The maximum atomic E-state index is 6.10. The van der Waals surface area contributed by atoms with Gasteiger partial charge >= 0.3 is 0 Å². The van der Waals surface area contributed by atoms with Gasteiger partial charge in [-0.05, 0) is 49.6 Å². The summed E-state index contributed by atoms with van der Waals surface area (Å²) in [5.41, 5.74) is 3.62. The Balaban J connectivity index is 2.22. The van der Waals surface area contributed by atoms with Gasteiger partial charge in [-0.2, -0.15) is 5.10 Å². The first-order chi connectivity index (χ1) is 10.1. The summed E-state index contributed by atoms with van der Waals surface area (Å²) in [6.45, 7) is 5.32. The van der Waals surface area contributed by atoms with Crippen molar-refractivity contribution in [1.82, 2.24) is 15.1 Å². The third kappa shape index (κ3) is 4.32. The molecule has 1 N–H and O–H groups in total. The number of halogens is 1. The second-order valence-electron chi connectivity index (χ2n) is 5.38. The van der Waals surface area contributed by atoms with Crippen molar-refractivity contribution in [3.05, 3.63) is 52.3 Å². The molecule has 2 rings (SSSR count). The Morgan fingerprint density at radius 1 is 1.29 bits per heavy atom. The smallest absolute Gasteiger partial charge is 0.0625 e. The summed E-state index contributed by atoms with van der Waals surface area (Å²) in [6, 6.07) is 10.6. The zero-order chi connectivity index (χ0) is 15.2. The SMILES string of the molecule is CCCNC(Cc1cccc(Cl)c1)c1cc(CC)nn1C. The van der Waals surface area contributed by atoms with Crippen LogP contribution in [0.15, 0.2) is 30.3 Å². The predicted molar refractivity (Wildman–Crippen MR) is 88.8 cm³/mol. The lowest BCUT2D eigenvalue weighted by Gasteiger charge is -2.19. The zero-order valence-corrected chi connectivity index (χ0v) is 13.8. The van der Waals surface area contributed by atoms with Gasteiger partial charge in [0.05, 0.1) is 17.4 Å². The molecule has 1 heterocycles. The molecule has 0 radical (unpaired) electrons. The van der Waals surface area contributed by atoms with Gasteiger partial charge in [-0.15, -0.1) is 0 Å². The zero-order valence-electron chi connectivity index (χ0n) is 13.1. The van der Waals surface area contributed by atoms with E-state index in [9.17, 15) is 0 Å². The van der Waals surface area contributed by atoms with Gasteiger partial charge in [0, 0.05) is 12.1 Å². The first-order valence-electron chi connectivity index (χ1n) is 7.64. The predicted octanol–water partition coefficient (Wildman–Crippen LogP) is 3.92. The summed E-state index contributed by atoms with van der Waals surface area (Å²) in [5.74, 6) is 0. The standard InChI is InChI=1S/C17H24ClN3/c1-4-9-19-16(11-13-7-6-8-14(18)10-13)17-12-15(5-2)20-21(17)3/h6-8,10,12,16,19H,4-5,9,11H2,1-3H3. The average Bonchev–Trinajstić information content (AvgIpc) is 2.85. The van der Waals surface area contributed by atoms with Gasteiger partial charge < -0.3 is 5.32 Å². The largest absolute Gasteiger partial charge is 0.308 e. The Kier molecular flexibility index (Phi) is 5.83. The lowest BCUT2D eigenvalue weighted by molar-refractivity contribution is 0.493. The molecule has 1 atom stereocenters. The molecule has 0 saturated heterocycles. The molecule has 1 aromatic heterocycles. The number of nitrogens with one attached hydrogen (secondary N) is 1. The minimum atomic E-state index is 0.265. The highest BCUT2D eigenvalue weighted by atomic mass is 35.5. The topological polar surface area (TPSA) is 29.9 Å². The molecular formula is C17H24ClN3. The summed E-state index contributed by atoms with van der Waals surface area (Å²) in [5, 5.41) is 8.99. The van der Waals surface area contributed by atoms with Crippen LogP contribution >= 0.6 is 11.6 Å². The van der Waals surface area contributed by atoms with Gasteiger partial charge in [0.25, 0.3) is 0 Å². The Labute approximate surface area is 132 Å². The quantitative estimate of drug-likeness (QED) is 0.840. The molecule has 4 heteroatoms. The van der Waals surface area contributed by atoms with E-state index in [1.54, 1.807) is 0 Å². The first kappa shape index (κ1) is 16.1. The molecule has 114 valence electrons. The lowest BCUT2D eigenvalue weighted by atomic mass is 10.0. The van der Waals surface area contributed by atoms with Crippen LogP contribution in [0.3, 0.4) is 0 Å². The third-order valence-electron chi connectivity index (χ3n) is 3.66. The lowest BCUT2D eigenvalue weighted by Crippen LogP contribution is -2.26. The van der Waals surface area contributed by atoms with Crippen LogP contribution < -0.4 is 5.32 Å². The molecule has 0 aliphatic carbocycles. The van der Waals surface area contributed by atoms with Crippen molar-refractivity contribution in [2.75, 3.05) is 6.54 Å². The normalized spacial score (nSPS) is 12.6. The monoisotopic (exact) mass is 305 g/mol. The summed E-state index contributed by atoms with van der Waals surface area (Å²) in [7, 11) is 2.02. The molecule has 3 nitrogen and oxygen atoms in total. The van der Waals surface area contributed by atoms with Crippen molar-refractivity contribution in [2.45, 2.75) is 39.2 Å². The number of hydrogen-bond donors (Lipinski definition) is 1. The number of aromatic nitrogens is 2. The van der Waals surface area contributed by atoms with Crippen molar-refractivity contribution in [1.29, 1.82) is 0 Å². The number of hydrogen-bond acceptors (Lipinski definition) is 2. The molecule has 1 aromatic carbocycles. The fourth-order valence-corrected chi connectivity index (χ4v) is 2.75. The summed E-state index contributed by atoms with van der Waals surface area (Å²) in [4.78, 5) is 0. The van der Waals surface area contributed by atoms with E-state index < -0.39 is 0 Å². The van der Waals surface area contributed by atoms with Crippen LogP contribution in [-0.4, -0.2) is 16.3 Å². The average molecular weight is 306 g/mol. The minimum absolute atomic E-state index is 0.265. The van der Waals surface area contributed by atoms with E-state index in [4.69, 9.17) is 11.6 Å². The second kappa shape index (κ2) is 7.62. The maximum Gasteiger partial charge on any atom is 0.0625 e. The van der Waals surface area contributed by atoms with E-state index in [0.29, 0.717) is 0 Å². The van der Waals surface area contributed by atoms with E-state index >= 15 is 0 Å². The van der Waals surface area contributed by atoms with E-state index in [2.05, 4.69) is 36.4 Å². The Morgan fingerprint density at radius 2 is 2.10 bits per heavy atom. The van der Waals surface area contributed by atoms with Crippen LogP contribution in [0.2, 0.25) is 5.02 Å². The first-order valence-corrected chi connectivity index (χ1v) is 8.02. The van der Waals surface area contributed by atoms with Gasteiger partial charge in [0.15, 0.2) is 0 Å². The number of nitrogens with zero attached hydrogens (tertiary/aromatic N) is 2. The van der Waals surface area contributed by atoms with Crippen LogP contribution in [0.5, 0.6) is 0 Å². The molecule has 0 saturated carbocycles. The van der Waals surface area contributed by atoms with Crippen molar-refractivity contribution >= 4 is 11.6 Å². The fourth-order valence-electron chi connectivity index (χ4n) is 2.54. The molecule has 2 aromatic rings.